The first kappa shape index (κ1) is 15.0. The van der Waals surface area contributed by atoms with E-state index in [4.69, 9.17) is 4.74 Å². The number of nitrogens with one attached hydrogen (secondary N) is 1. The van der Waals surface area contributed by atoms with Crippen molar-refractivity contribution in [3.63, 3.8) is 0 Å². The quantitative estimate of drug-likeness (QED) is 0.885. The van der Waals surface area contributed by atoms with Crippen LogP contribution in [0.3, 0.4) is 0 Å². The maximum Gasteiger partial charge on any atom is 0.413 e. The molecule has 1 unspecified atom stereocenters. The van der Waals surface area contributed by atoms with E-state index in [9.17, 15) is 9.59 Å². The molecule has 1 rings (SSSR count). The van der Waals surface area contributed by atoms with Crippen LogP contribution in [0, 0.1) is 0 Å². The molecule has 0 heterocycles. The minimum Gasteiger partial charge on any atom is -0.410 e. The Labute approximate surface area is 113 Å². The highest BCUT2D eigenvalue weighted by molar-refractivity contribution is 5.85. The number of likely N-dealkylation sites (N-methyl/N-ethyl adjacent to an activating group) is 1. The Morgan fingerprint density at radius 2 is 1.79 bits per heavy atom. The molecule has 1 aromatic carbocycles. The second-order valence-electron chi connectivity index (χ2n) is 4.08. The zero-order valence-electron chi connectivity index (χ0n) is 11.6. The van der Waals surface area contributed by atoms with E-state index < -0.39 is 12.1 Å². The highest BCUT2D eigenvalue weighted by Crippen LogP contribution is 2.08. The lowest BCUT2D eigenvalue weighted by Gasteiger charge is -2.23. The van der Waals surface area contributed by atoms with Crippen molar-refractivity contribution in [2.75, 3.05) is 13.1 Å². The van der Waals surface area contributed by atoms with Crippen LogP contribution in [0.5, 0.6) is 5.75 Å². The first-order chi connectivity index (χ1) is 9.08. The van der Waals surface area contributed by atoms with E-state index in [2.05, 4.69) is 5.32 Å². The van der Waals surface area contributed by atoms with Gasteiger partial charge in [0.25, 0.3) is 0 Å². The topological polar surface area (TPSA) is 58.6 Å². The van der Waals surface area contributed by atoms with Crippen molar-refractivity contribution in [3.8, 4) is 5.75 Å². The maximum absolute atomic E-state index is 11.9. The Morgan fingerprint density at radius 3 is 2.32 bits per heavy atom. The van der Waals surface area contributed by atoms with Crippen LogP contribution < -0.4 is 10.1 Å². The zero-order valence-corrected chi connectivity index (χ0v) is 11.6. The zero-order chi connectivity index (χ0) is 14.3. The molecule has 0 aliphatic heterocycles. The van der Waals surface area contributed by atoms with Crippen molar-refractivity contribution in [1.29, 1.82) is 0 Å². The summed E-state index contributed by atoms with van der Waals surface area (Å²) in [5.41, 5.74) is 0. The summed E-state index contributed by atoms with van der Waals surface area (Å²) in [4.78, 5) is 25.2. The largest absolute Gasteiger partial charge is 0.413 e. The van der Waals surface area contributed by atoms with Crippen molar-refractivity contribution < 1.29 is 14.3 Å². The van der Waals surface area contributed by atoms with E-state index in [0.29, 0.717) is 18.8 Å². The summed E-state index contributed by atoms with van der Waals surface area (Å²) in [6.45, 7) is 6.68. The standard InChI is InChI=1S/C14H20N2O3/c1-4-16(5-2)13(17)11(3)15-14(18)19-12-9-7-6-8-10-12/h6-11H,4-5H2,1-3H3,(H,15,18). The highest BCUT2D eigenvalue weighted by atomic mass is 16.6. The van der Waals surface area contributed by atoms with Crippen molar-refractivity contribution in [2.45, 2.75) is 26.8 Å². The lowest BCUT2D eigenvalue weighted by molar-refractivity contribution is -0.132. The smallest absolute Gasteiger partial charge is 0.410 e. The number of hydrogen-bond acceptors (Lipinski definition) is 3. The molecule has 0 saturated heterocycles. The van der Waals surface area contributed by atoms with Crippen molar-refractivity contribution in [3.05, 3.63) is 30.3 Å². The average Bonchev–Trinajstić information content (AvgIpc) is 2.40. The summed E-state index contributed by atoms with van der Waals surface area (Å²) in [5, 5.41) is 2.52. The Balaban J connectivity index is 2.50. The van der Waals surface area contributed by atoms with Gasteiger partial charge in [-0.25, -0.2) is 4.79 Å². The number of amides is 2. The molecule has 0 aromatic heterocycles. The van der Waals surface area contributed by atoms with Crippen LogP contribution in [0.2, 0.25) is 0 Å². The Kier molecular flexibility index (Phi) is 5.85. The van der Waals surface area contributed by atoms with Gasteiger partial charge in [-0.3, -0.25) is 4.79 Å². The summed E-state index contributed by atoms with van der Waals surface area (Å²) < 4.78 is 5.06. The molecule has 0 bridgehead atoms. The Morgan fingerprint density at radius 1 is 1.21 bits per heavy atom. The first-order valence-corrected chi connectivity index (χ1v) is 6.40. The predicted molar refractivity (Wildman–Crippen MR) is 73.0 cm³/mol. The van der Waals surface area contributed by atoms with Crippen molar-refractivity contribution in [2.24, 2.45) is 0 Å². The third-order valence-corrected chi connectivity index (χ3v) is 2.73. The van der Waals surface area contributed by atoms with Gasteiger partial charge in [-0.05, 0) is 32.9 Å². The van der Waals surface area contributed by atoms with E-state index in [1.807, 2.05) is 19.9 Å². The number of rotatable bonds is 5. The second-order valence-corrected chi connectivity index (χ2v) is 4.08. The second kappa shape index (κ2) is 7.41. The first-order valence-electron chi connectivity index (χ1n) is 6.40. The lowest BCUT2D eigenvalue weighted by Crippen LogP contribution is -2.47. The molecule has 19 heavy (non-hydrogen) atoms. The van der Waals surface area contributed by atoms with Gasteiger partial charge >= 0.3 is 6.09 Å². The third kappa shape index (κ3) is 4.62. The number of carbonyl (C=O) groups is 2. The molecule has 5 nitrogen and oxygen atoms in total. The van der Waals surface area contributed by atoms with Crippen LogP contribution >= 0.6 is 0 Å². The van der Waals surface area contributed by atoms with Gasteiger partial charge in [0.2, 0.25) is 5.91 Å². The van der Waals surface area contributed by atoms with E-state index in [-0.39, 0.29) is 5.91 Å². The molecular weight excluding hydrogens is 244 g/mol. The van der Waals surface area contributed by atoms with Gasteiger partial charge in [0.05, 0.1) is 0 Å². The van der Waals surface area contributed by atoms with Gasteiger partial charge in [-0.15, -0.1) is 0 Å². The average molecular weight is 264 g/mol. The normalized spacial score (nSPS) is 11.5. The number of para-hydroxylation sites is 1. The molecular formula is C14H20N2O3. The SMILES string of the molecule is CCN(CC)C(=O)C(C)NC(=O)Oc1ccccc1. The third-order valence-electron chi connectivity index (χ3n) is 2.73. The summed E-state index contributed by atoms with van der Waals surface area (Å²) >= 11 is 0. The fourth-order valence-electron chi connectivity index (χ4n) is 1.67. The number of carbonyl (C=O) groups excluding carboxylic acids is 2. The Bertz CT molecular complexity index is 416. The molecule has 1 aromatic rings. The van der Waals surface area contributed by atoms with Gasteiger partial charge < -0.3 is 15.0 Å². The lowest BCUT2D eigenvalue weighted by atomic mass is 10.3. The van der Waals surface area contributed by atoms with Crippen LogP contribution in [0.25, 0.3) is 0 Å². The van der Waals surface area contributed by atoms with Gasteiger partial charge in [0.1, 0.15) is 11.8 Å². The van der Waals surface area contributed by atoms with Crippen LogP contribution in [0.4, 0.5) is 4.79 Å². The fraction of sp³-hybridized carbons (Fsp3) is 0.429. The van der Waals surface area contributed by atoms with Crippen molar-refractivity contribution in [1.82, 2.24) is 10.2 Å². The van der Waals surface area contributed by atoms with E-state index >= 15 is 0 Å². The molecule has 1 atom stereocenters. The van der Waals surface area contributed by atoms with Crippen LogP contribution in [-0.2, 0) is 4.79 Å². The summed E-state index contributed by atoms with van der Waals surface area (Å²) in [6.07, 6.45) is -0.626. The molecule has 0 aliphatic rings. The van der Waals surface area contributed by atoms with E-state index in [0.717, 1.165) is 0 Å². The summed E-state index contributed by atoms with van der Waals surface area (Å²) in [5.74, 6) is 0.331. The van der Waals surface area contributed by atoms with E-state index in [1.165, 1.54) is 0 Å². The molecule has 0 fully saturated rings. The molecule has 0 radical (unpaired) electrons. The highest BCUT2D eigenvalue weighted by Gasteiger charge is 2.20. The molecule has 0 spiro atoms. The van der Waals surface area contributed by atoms with Gasteiger partial charge in [0, 0.05) is 13.1 Å². The molecule has 1 N–H and O–H groups in total. The minimum absolute atomic E-state index is 0.116. The van der Waals surface area contributed by atoms with Gasteiger partial charge in [0.15, 0.2) is 0 Å². The van der Waals surface area contributed by atoms with Gasteiger partial charge in [-0.2, -0.15) is 0 Å². The molecule has 0 saturated carbocycles. The van der Waals surface area contributed by atoms with Crippen LogP contribution in [0.15, 0.2) is 30.3 Å². The number of ether oxygens (including phenoxy) is 1. The maximum atomic E-state index is 11.9. The molecule has 104 valence electrons. The molecule has 5 heteroatoms. The van der Waals surface area contributed by atoms with Crippen LogP contribution in [0.1, 0.15) is 20.8 Å². The van der Waals surface area contributed by atoms with Crippen LogP contribution in [-0.4, -0.2) is 36.0 Å². The molecule has 0 aliphatic carbocycles. The number of nitrogens with zero attached hydrogens (tertiary/aromatic N) is 1. The Hall–Kier alpha value is -2.04. The van der Waals surface area contributed by atoms with Gasteiger partial charge in [-0.1, -0.05) is 18.2 Å². The number of benzene rings is 1. The fourth-order valence-corrected chi connectivity index (χ4v) is 1.67. The van der Waals surface area contributed by atoms with E-state index in [1.54, 1.807) is 36.1 Å². The molecule has 2 amide bonds. The minimum atomic E-state index is -0.626. The number of hydrogen-bond donors (Lipinski definition) is 1. The predicted octanol–water partition coefficient (Wildman–Crippen LogP) is 2.03. The summed E-state index contributed by atoms with van der Waals surface area (Å²) in [6, 6.07) is 8.13. The van der Waals surface area contributed by atoms with Crippen molar-refractivity contribution >= 4 is 12.0 Å². The monoisotopic (exact) mass is 264 g/mol. The summed E-state index contributed by atoms with van der Waals surface area (Å²) in [7, 11) is 0.